The number of imidazole rings is 1. The molecule has 3 amide bonds. The van der Waals surface area contributed by atoms with Gasteiger partial charge in [0, 0.05) is 46.1 Å². The van der Waals surface area contributed by atoms with Gasteiger partial charge in [0.1, 0.15) is 17.7 Å². The summed E-state index contributed by atoms with van der Waals surface area (Å²) >= 11 is 0. The molecule has 220 valence electrons. The first kappa shape index (κ1) is 28.5. The Bertz CT molecular complexity index is 1380. The summed E-state index contributed by atoms with van der Waals surface area (Å²) in [7, 11) is 1.69. The Hall–Kier alpha value is -4.00. The number of hydrogen-bond donors (Lipinski definition) is 4. The Labute approximate surface area is 236 Å². The summed E-state index contributed by atoms with van der Waals surface area (Å²) in [6.45, 7) is 3.70. The van der Waals surface area contributed by atoms with Crippen molar-refractivity contribution in [3.8, 4) is 11.8 Å². The van der Waals surface area contributed by atoms with Crippen molar-refractivity contribution in [1.82, 2.24) is 34.6 Å². The van der Waals surface area contributed by atoms with Gasteiger partial charge in [0.15, 0.2) is 29.9 Å². The molecule has 3 fully saturated rings. The van der Waals surface area contributed by atoms with Crippen molar-refractivity contribution < 1.29 is 34.1 Å². The second kappa shape index (κ2) is 11.9. The van der Waals surface area contributed by atoms with Gasteiger partial charge < -0.3 is 40.5 Å². The van der Waals surface area contributed by atoms with Gasteiger partial charge in [-0.15, -0.1) is 0 Å². The molecular formula is C26H34N8O7. The standard InChI is InChI=1S/C26H34N8O7/c1-3-28-23(37)20-18(35)19(36)25(41-20)34-13-29-17-21(27)30-16(31-22(17)34)6-4-5-14-7-11-33(12-8-14)26(39)40-15-9-10-32(2)24(15)38/h13-15,18-20,25,35-36H,3,5,7-12H2,1-2H3,(H,28,37)(H2,27,30,31)/t15?,18-,19?,20+,25-/m1/s1. The first-order valence-corrected chi connectivity index (χ1v) is 13.7. The number of nitrogens with zero attached hydrogens (tertiary/aromatic N) is 6. The van der Waals surface area contributed by atoms with Gasteiger partial charge in [0.25, 0.3) is 11.8 Å². The van der Waals surface area contributed by atoms with E-state index in [1.54, 1.807) is 23.8 Å². The van der Waals surface area contributed by atoms with Crippen molar-refractivity contribution in [2.24, 2.45) is 5.92 Å². The zero-order chi connectivity index (χ0) is 29.3. The summed E-state index contributed by atoms with van der Waals surface area (Å²) < 4.78 is 12.5. The molecule has 0 saturated carbocycles. The SMILES string of the molecule is CCNC(=O)[C@H]1O[C@@H](n2cnc3c(N)nc(C#CCC4CCN(C(=O)OC5CCN(C)C5=O)CC4)nc32)C(O)[C@H]1O. The average Bonchev–Trinajstić information content (AvgIpc) is 3.61. The topological polar surface area (TPSA) is 198 Å². The molecule has 2 aromatic heterocycles. The van der Waals surface area contributed by atoms with Gasteiger partial charge in [-0.1, -0.05) is 5.92 Å². The summed E-state index contributed by atoms with van der Waals surface area (Å²) in [5, 5.41) is 23.5. The van der Waals surface area contributed by atoms with Crippen molar-refractivity contribution in [3.63, 3.8) is 0 Å². The van der Waals surface area contributed by atoms with Crippen molar-refractivity contribution >= 4 is 34.9 Å². The maximum Gasteiger partial charge on any atom is 0.410 e. The number of aromatic nitrogens is 4. The second-order valence-electron chi connectivity index (χ2n) is 10.4. The lowest BCUT2D eigenvalue weighted by Crippen LogP contribution is -2.42. The van der Waals surface area contributed by atoms with Crippen LogP contribution in [0, 0.1) is 17.8 Å². The van der Waals surface area contributed by atoms with Gasteiger partial charge in [0.05, 0.1) is 6.33 Å². The first-order chi connectivity index (χ1) is 19.7. The number of anilines is 1. The summed E-state index contributed by atoms with van der Waals surface area (Å²) in [5.41, 5.74) is 6.61. The van der Waals surface area contributed by atoms with Gasteiger partial charge in [-0.2, -0.15) is 0 Å². The predicted molar refractivity (Wildman–Crippen MR) is 143 cm³/mol. The van der Waals surface area contributed by atoms with E-state index in [-0.39, 0.29) is 34.6 Å². The van der Waals surface area contributed by atoms with Gasteiger partial charge in [0.2, 0.25) is 5.82 Å². The molecule has 5 heterocycles. The van der Waals surface area contributed by atoms with Crippen LogP contribution in [0.1, 0.15) is 44.7 Å². The van der Waals surface area contributed by atoms with E-state index in [0.29, 0.717) is 39.0 Å². The Morgan fingerprint density at radius 2 is 1.95 bits per heavy atom. The Morgan fingerprint density at radius 1 is 1.20 bits per heavy atom. The number of nitrogens with two attached hydrogens (primary N) is 1. The number of aliphatic hydroxyl groups is 2. The lowest BCUT2D eigenvalue weighted by molar-refractivity contribution is -0.137. The minimum atomic E-state index is -1.44. The fraction of sp³-hybridized carbons (Fsp3) is 0.615. The molecule has 0 aliphatic carbocycles. The summed E-state index contributed by atoms with van der Waals surface area (Å²) in [5.74, 6) is 5.81. The molecule has 5 N–H and O–H groups in total. The van der Waals surface area contributed by atoms with Gasteiger partial charge in [-0.3, -0.25) is 14.2 Å². The minimum Gasteiger partial charge on any atom is -0.436 e. The second-order valence-corrected chi connectivity index (χ2v) is 10.4. The van der Waals surface area contributed by atoms with Crippen molar-refractivity contribution in [2.75, 3.05) is 39.0 Å². The van der Waals surface area contributed by atoms with E-state index in [4.69, 9.17) is 15.2 Å². The van der Waals surface area contributed by atoms with Gasteiger partial charge in [-0.25, -0.2) is 19.7 Å². The number of ether oxygens (including phenoxy) is 2. The molecule has 15 heteroatoms. The summed E-state index contributed by atoms with van der Waals surface area (Å²) in [6.07, 6.45) is -2.49. The summed E-state index contributed by atoms with van der Waals surface area (Å²) in [4.78, 5) is 52.8. The maximum atomic E-state index is 12.5. The highest BCUT2D eigenvalue weighted by atomic mass is 16.6. The number of likely N-dealkylation sites (N-methyl/N-ethyl adjacent to an activating group) is 2. The quantitative estimate of drug-likeness (QED) is 0.321. The molecule has 2 unspecified atom stereocenters. The Kier molecular flexibility index (Phi) is 8.25. The van der Waals surface area contributed by atoms with E-state index < -0.39 is 42.6 Å². The molecule has 5 atom stereocenters. The highest BCUT2D eigenvalue weighted by Crippen LogP contribution is 2.32. The zero-order valence-corrected chi connectivity index (χ0v) is 22.9. The van der Waals surface area contributed by atoms with Crippen LogP contribution in [0.25, 0.3) is 11.2 Å². The number of fused-ring (bicyclic) bond motifs is 1. The predicted octanol–water partition coefficient (Wildman–Crippen LogP) is -1.02. The van der Waals surface area contributed by atoms with Crippen LogP contribution in [-0.2, 0) is 19.1 Å². The molecule has 2 aromatic rings. The van der Waals surface area contributed by atoms with Crippen molar-refractivity contribution in [1.29, 1.82) is 0 Å². The Balaban J connectivity index is 1.20. The number of aliphatic hydroxyl groups excluding tert-OH is 2. The zero-order valence-electron chi connectivity index (χ0n) is 22.9. The third kappa shape index (κ3) is 5.76. The molecule has 15 nitrogen and oxygen atoms in total. The Morgan fingerprint density at radius 3 is 2.63 bits per heavy atom. The monoisotopic (exact) mass is 570 g/mol. The fourth-order valence-electron chi connectivity index (χ4n) is 5.25. The molecule has 0 aromatic carbocycles. The fourth-order valence-corrected chi connectivity index (χ4v) is 5.25. The number of amides is 3. The molecule has 3 aliphatic heterocycles. The third-order valence-electron chi connectivity index (χ3n) is 7.66. The van der Waals surface area contributed by atoms with Gasteiger partial charge >= 0.3 is 6.09 Å². The molecule has 5 rings (SSSR count). The van der Waals surface area contributed by atoms with Crippen LogP contribution in [-0.4, -0.2) is 115 Å². The number of piperidine rings is 1. The minimum absolute atomic E-state index is 0.0881. The highest BCUT2D eigenvalue weighted by Gasteiger charge is 2.47. The lowest BCUT2D eigenvalue weighted by atomic mass is 9.94. The number of hydrogen-bond acceptors (Lipinski definition) is 11. The molecule has 3 saturated heterocycles. The third-order valence-corrected chi connectivity index (χ3v) is 7.66. The molecule has 0 spiro atoms. The van der Waals surface area contributed by atoms with Crippen LogP contribution in [0.5, 0.6) is 0 Å². The van der Waals surface area contributed by atoms with E-state index in [1.165, 1.54) is 10.9 Å². The van der Waals surface area contributed by atoms with Crippen LogP contribution in [0.4, 0.5) is 10.6 Å². The average molecular weight is 571 g/mol. The summed E-state index contributed by atoms with van der Waals surface area (Å²) in [6, 6.07) is 0. The van der Waals surface area contributed by atoms with Crippen molar-refractivity contribution in [2.45, 2.75) is 63.3 Å². The van der Waals surface area contributed by atoms with Gasteiger partial charge in [-0.05, 0) is 31.6 Å². The molecule has 41 heavy (non-hydrogen) atoms. The van der Waals surface area contributed by atoms with Crippen molar-refractivity contribution in [3.05, 3.63) is 12.2 Å². The van der Waals surface area contributed by atoms with Crippen LogP contribution in [0.2, 0.25) is 0 Å². The molecule has 0 bridgehead atoms. The van der Waals surface area contributed by atoms with E-state index in [9.17, 15) is 24.6 Å². The molecular weight excluding hydrogens is 536 g/mol. The number of likely N-dealkylation sites (tertiary alicyclic amines) is 2. The first-order valence-electron chi connectivity index (χ1n) is 13.7. The smallest absolute Gasteiger partial charge is 0.410 e. The van der Waals surface area contributed by atoms with Crippen LogP contribution in [0.3, 0.4) is 0 Å². The number of carbonyl (C=O) groups excluding carboxylic acids is 3. The van der Waals surface area contributed by atoms with E-state index in [0.717, 1.165) is 12.8 Å². The van der Waals surface area contributed by atoms with E-state index in [2.05, 4.69) is 32.1 Å². The van der Waals surface area contributed by atoms with Crippen LogP contribution < -0.4 is 11.1 Å². The number of nitrogens with one attached hydrogen (secondary N) is 1. The highest BCUT2D eigenvalue weighted by molar-refractivity contribution is 5.85. The van der Waals surface area contributed by atoms with Crippen LogP contribution in [0.15, 0.2) is 6.33 Å². The lowest BCUT2D eigenvalue weighted by Gasteiger charge is -2.31. The number of carbonyl (C=O) groups is 3. The van der Waals surface area contributed by atoms with Crippen LogP contribution >= 0.6 is 0 Å². The number of rotatable bonds is 5. The van der Waals surface area contributed by atoms with E-state index in [1.807, 2.05) is 0 Å². The van der Waals surface area contributed by atoms with E-state index >= 15 is 0 Å². The maximum absolute atomic E-state index is 12.5. The largest absolute Gasteiger partial charge is 0.436 e. The molecule has 0 radical (unpaired) electrons. The molecule has 3 aliphatic rings. The number of nitrogen functional groups attached to an aromatic ring is 1. The normalized spacial score (nSPS) is 26.7.